The van der Waals surface area contributed by atoms with E-state index >= 15 is 0 Å². The quantitative estimate of drug-likeness (QED) is 0.857. The van der Waals surface area contributed by atoms with Crippen molar-refractivity contribution in [2.75, 3.05) is 0 Å². The van der Waals surface area contributed by atoms with Crippen molar-refractivity contribution in [1.29, 1.82) is 0 Å². The first kappa shape index (κ1) is 11.3. The molecule has 88 valence electrons. The Morgan fingerprint density at radius 2 is 2.06 bits per heavy atom. The highest BCUT2D eigenvalue weighted by Crippen LogP contribution is 2.18. The Morgan fingerprint density at radius 1 is 1.35 bits per heavy atom. The highest BCUT2D eigenvalue weighted by Gasteiger charge is 2.16. The van der Waals surface area contributed by atoms with Crippen molar-refractivity contribution in [2.45, 2.75) is 20.8 Å². The Balaban J connectivity index is 2.68. The zero-order chi connectivity index (χ0) is 12.6. The Bertz CT molecular complexity index is 587. The third kappa shape index (κ3) is 1.80. The molecule has 2 heterocycles. The van der Waals surface area contributed by atoms with Crippen LogP contribution in [-0.4, -0.2) is 25.8 Å². The molecule has 5 nitrogen and oxygen atoms in total. The number of aromatic carboxylic acids is 1. The van der Waals surface area contributed by atoms with Crippen LogP contribution in [0.25, 0.3) is 5.82 Å². The number of rotatable bonds is 2. The number of hydrogen-bond donors (Lipinski definition) is 1. The fraction of sp³-hybridized carbons (Fsp3) is 0.250. The Morgan fingerprint density at radius 3 is 2.59 bits per heavy atom. The standard InChI is InChI=1S/C12H13N3O2/c1-7-8(2)14-15(9(7)3)11-10(12(16)17)5-4-6-13-11/h4-6H,1-3H3,(H,16,17). The molecule has 2 aromatic heterocycles. The van der Waals surface area contributed by atoms with Gasteiger partial charge in [0, 0.05) is 11.9 Å². The number of carboxylic acids is 1. The number of nitrogens with zero attached hydrogens (tertiary/aromatic N) is 3. The second-order valence-electron chi connectivity index (χ2n) is 3.89. The number of pyridine rings is 1. The fourth-order valence-electron chi connectivity index (χ4n) is 1.66. The Hall–Kier alpha value is -2.17. The molecule has 0 aromatic carbocycles. The molecule has 0 aliphatic carbocycles. The highest BCUT2D eigenvalue weighted by atomic mass is 16.4. The molecule has 0 aliphatic heterocycles. The van der Waals surface area contributed by atoms with Crippen LogP contribution in [0, 0.1) is 20.8 Å². The highest BCUT2D eigenvalue weighted by molar-refractivity contribution is 5.91. The summed E-state index contributed by atoms with van der Waals surface area (Å²) < 4.78 is 1.58. The number of carbonyl (C=O) groups is 1. The van der Waals surface area contributed by atoms with E-state index in [2.05, 4.69) is 10.1 Å². The summed E-state index contributed by atoms with van der Waals surface area (Å²) >= 11 is 0. The van der Waals surface area contributed by atoms with Crippen LogP contribution >= 0.6 is 0 Å². The van der Waals surface area contributed by atoms with Crippen molar-refractivity contribution >= 4 is 5.97 Å². The molecule has 5 heteroatoms. The average Bonchev–Trinajstić information content (AvgIpc) is 2.57. The van der Waals surface area contributed by atoms with Crippen molar-refractivity contribution in [3.63, 3.8) is 0 Å². The van der Waals surface area contributed by atoms with Gasteiger partial charge in [-0.2, -0.15) is 5.10 Å². The van der Waals surface area contributed by atoms with Gasteiger partial charge in [0.1, 0.15) is 5.56 Å². The van der Waals surface area contributed by atoms with Gasteiger partial charge in [-0.3, -0.25) is 0 Å². The van der Waals surface area contributed by atoms with Gasteiger partial charge in [0.15, 0.2) is 5.82 Å². The van der Waals surface area contributed by atoms with E-state index in [9.17, 15) is 4.79 Å². The summed E-state index contributed by atoms with van der Waals surface area (Å²) in [6, 6.07) is 3.13. The summed E-state index contributed by atoms with van der Waals surface area (Å²) in [6.45, 7) is 5.75. The minimum absolute atomic E-state index is 0.151. The van der Waals surface area contributed by atoms with Crippen molar-refractivity contribution < 1.29 is 9.90 Å². The molecule has 1 N–H and O–H groups in total. The van der Waals surface area contributed by atoms with Gasteiger partial charge in [-0.15, -0.1) is 0 Å². The molecule has 2 rings (SSSR count). The molecule has 17 heavy (non-hydrogen) atoms. The third-order valence-electron chi connectivity index (χ3n) is 2.87. The topological polar surface area (TPSA) is 68.0 Å². The van der Waals surface area contributed by atoms with Crippen LogP contribution < -0.4 is 0 Å². The minimum Gasteiger partial charge on any atom is -0.478 e. The molecular formula is C12H13N3O2. The lowest BCUT2D eigenvalue weighted by Gasteiger charge is -2.06. The lowest BCUT2D eigenvalue weighted by molar-refractivity contribution is 0.0696. The molecule has 0 aliphatic rings. The van der Waals surface area contributed by atoms with Crippen molar-refractivity contribution in [3.8, 4) is 5.82 Å². The molecule has 0 atom stereocenters. The maximum atomic E-state index is 11.1. The molecular weight excluding hydrogens is 218 g/mol. The van der Waals surface area contributed by atoms with Crippen LogP contribution in [0.15, 0.2) is 18.3 Å². The molecule has 0 saturated carbocycles. The van der Waals surface area contributed by atoms with Gasteiger partial charge >= 0.3 is 5.97 Å². The molecule has 0 amide bonds. The van der Waals surface area contributed by atoms with Crippen LogP contribution in [0.1, 0.15) is 27.3 Å². The first-order valence-corrected chi connectivity index (χ1v) is 5.24. The monoisotopic (exact) mass is 231 g/mol. The van der Waals surface area contributed by atoms with Crippen molar-refractivity contribution in [3.05, 3.63) is 40.8 Å². The molecule has 0 spiro atoms. The zero-order valence-electron chi connectivity index (χ0n) is 9.93. The fourth-order valence-corrected chi connectivity index (χ4v) is 1.66. The van der Waals surface area contributed by atoms with Gasteiger partial charge in [-0.1, -0.05) is 0 Å². The van der Waals surface area contributed by atoms with Crippen LogP contribution in [0.5, 0.6) is 0 Å². The van der Waals surface area contributed by atoms with Crippen LogP contribution in [0.3, 0.4) is 0 Å². The Kier molecular flexibility index (Phi) is 2.67. The molecule has 2 aromatic rings. The van der Waals surface area contributed by atoms with Crippen LogP contribution in [0.2, 0.25) is 0 Å². The van der Waals surface area contributed by atoms with E-state index in [-0.39, 0.29) is 5.56 Å². The number of hydrogen-bond acceptors (Lipinski definition) is 3. The van der Waals surface area contributed by atoms with E-state index in [4.69, 9.17) is 5.11 Å². The Labute approximate surface area is 98.7 Å². The van der Waals surface area contributed by atoms with E-state index in [1.165, 1.54) is 6.07 Å². The van der Waals surface area contributed by atoms with Gasteiger partial charge in [-0.25, -0.2) is 14.5 Å². The molecule has 0 unspecified atom stereocenters. The van der Waals surface area contributed by atoms with E-state index in [1.807, 2.05) is 20.8 Å². The van der Waals surface area contributed by atoms with Gasteiger partial charge in [0.05, 0.1) is 5.69 Å². The van der Waals surface area contributed by atoms with E-state index in [0.29, 0.717) is 5.82 Å². The molecule has 0 fully saturated rings. The maximum Gasteiger partial charge on any atom is 0.339 e. The largest absolute Gasteiger partial charge is 0.478 e. The summed E-state index contributed by atoms with van der Waals surface area (Å²) in [5.41, 5.74) is 2.98. The van der Waals surface area contributed by atoms with Crippen LogP contribution in [0.4, 0.5) is 0 Å². The smallest absolute Gasteiger partial charge is 0.339 e. The van der Waals surface area contributed by atoms with Gasteiger partial charge in [0.25, 0.3) is 0 Å². The van der Waals surface area contributed by atoms with Crippen molar-refractivity contribution in [1.82, 2.24) is 14.8 Å². The van der Waals surface area contributed by atoms with Gasteiger partial charge < -0.3 is 5.11 Å². The lowest BCUT2D eigenvalue weighted by Crippen LogP contribution is -2.10. The normalized spacial score (nSPS) is 10.5. The van der Waals surface area contributed by atoms with Gasteiger partial charge in [0.2, 0.25) is 0 Å². The number of aryl methyl sites for hydroxylation is 1. The summed E-state index contributed by atoms with van der Waals surface area (Å²) in [7, 11) is 0. The first-order chi connectivity index (χ1) is 8.02. The SMILES string of the molecule is Cc1nn(-c2ncccc2C(=O)O)c(C)c1C. The van der Waals surface area contributed by atoms with E-state index in [1.54, 1.807) is 16.9 Å². The molecule has 0 bridgehead atoms. The van der Waals surface area contributed by atoms with Crippen LogP contribution in [-0.2, 0) is 0 Å². The minimum atomic E-state index is -1.00. The van der Waals surface area contributed by atoms with E-state index in [0.717, 1.165) is 17.0 Å². The first-order valence-electron chi connectivity index (χ1n) is 5.24. The zero-order valence-corrected chi connectivity index (χ0v) is 9.93. The second-order valence-corrected chi connectivity index (χ2v) is 3.89. The number of carboxylic acid groups (broad SMARTS) is 1. The summed E-state index contributed by atoms with van der Waals surface area (Å²) in [4.78, 5) is 15.2. The lowest BCUT2D eigenvalue weighted by atomic mass is 10.2. The second kappa shape index (κ2) is 4.01. The summed E-state index contributed by atoms with van der Waals surface area (Å²) in [5.74, 6) is -0.646. The summed E-state index contributed by atoms with van der Waals surface area (Å²) in [5, 5.41) is 13.4. The molecule has 0 saturated heterocycles. The predicted molar refractivity (Wildman–Crippen MR) is 62.5 cm³/mol. The maximum absolute atomic E-state index is 11.1. The third-order valence-corrected chi connectivity index (χ3v) is 2.87. The number of aromatic nitrogens is 3. The molecule has 0 radical (unpaired) electrons. The van der Waals surface area contributed by atoms with Crippen molar-refractivity contribution in [2.24, 2.45) is 0 Å². The summed E-state index contributed by atoms with van der Waals surface area (Å²) in [6.07, 6.45) is 1.56. The van der Waals surface area contributed by atoms with Gasteiger partial charge in [-0.05, 0) is 38.5 Å². The average molecular weight is 231 g/mol. The predicted octanol–water partition coefficient (Wildman–Crippen LogP) is 1.89. The van der Waals surface area contributed by atoms with E-state index < -0.39 is 5.97 Å².